The van der Waals surface area contributed by atoms with Gasteiger partial charge in [-0.2, -0.15) is 5.26 Å². The monoisotopic (exact) mass is 371 g/mol. The van der Waals surface area contributed by atoms with Crippen molar-refractivity contribution in [2.75, 3.05) is 26.9 Å². The van der Waals surface area contributed by atoms with Gasteiger partial charge in [0.25, 0.3) is 5.91 Å². The fourth-order valence-corrected chi connectivity index (χ4v) is 2.93. The number of benzene rings is 1. The minimum absolute atomic E-state index is 0.0314. The van der Waals surface area contributed by atoms with Crippen LogP contribution in [0.1, 0.15) is 19.0 Å². The predicted octanol–water partition coefficient (Wildman–Crippen LogP) is 3.27. The molecule has 0 radical (unpaired) electrons. The van der Waals surface area contributed by atoms with Crippen LogP contribution < -0.4 is 10.1 Å². The molecule has 0 atom stereocenters. The van der Waals surface area contributed by atoms with E-state index in [1.54, 1.807) is 7.11 Å². The molecule has 1 aromatic carbocycles. The number of nitrogens with one attached hydrogen (secondary N) is 1. The number of hydrogen-bond donors (Lipinski definition) is 1. The Labute approximate surface area is 157 Å². The fourth-order valence-electron chi connectivity index (χ4n) is 2.15. The Balaban J connectivity index is 2.04. The van der Waals surface area contributed by atoms with Crippen LogP contribution in [0.25, 0.3) is 16.6 Å². The first-order valence-electron chi connectivity index (χ1n) is 8.25. The minimum Gasteiger partial charge on any atom is -0.497 e. The third-order valence-corrected chi connectivity index (χ3v) is 4.36. The van der Waals surface area contributed by atoms with E-state index in [0.29, 0.717) is 31.9 Å². The average Bonchev–Trinajstić information content (AvgIpc) is 3.14. The minimum atomic E-state index is -0.403. The first-order chi connectivity index (χ1) is 12.7. The summed E-state index contributed by atoms with van der Waals surface area (Å²) in [6.07, 6.45) is 2.20. The summed E-state index contributed by atoms with van der Waals surface area (Å²) in [5, 5.41) is 14.6. The second kappa shape index (κ2) is 10.3. The number of carbonyl (C=O) groups is 1. The van der Waals surface area contributed by atoms with Crippen LogP contribution in [0.15, 0.2) is 35.2 Å². The van der Waals surface area contributed by atoms with E-state index in [1.165, 1.54) is 17.4 Å². The molecule has 2 aromatic rings. The van der Waals surface area contributed by atoms with Crippen molar-refractivity contribution in [1.82, 2.24) is 10.3 Å². The average molecular weight is 371 g/mol. The van der Waals surface area contributed by atoms with E-state index in [4.69, 9.17) is 9.47 Å². The summed E-state index contributed by atoms with van der Waals surface area (Å²) in [5.41, 5.74) is 1.53. The maximum Gasteiger partial charge on any atom is 0.262 e. The molecule has 0 bridgehead atoms. The fraction of sp³-hybridized carbons (Fsp3) is 0.316. The predicted molar refractivity (Wildman–Crippen MR) is 102 cm³/mol. The molecular formula is C19H21N3O3S. The highest BCUT2D eigenvalue weighted by Crippen LogP contribution is 2.27. The molecule has 136 valence electrons. The number of carbonyl (C=O) groups excluding carboxylic acids is 1. The quantitative estimate of drug-likeness (QED) is 0.415. The first-order valence-corrected chi connectivity index (χ1v) is 9.13. The summed E-state index contributed by atoms with van der Waals surface area (Å²) in [4.78, 5) is 16.6. The van der Waals surface area contributed by atoms with Crippen LogP contribution in [0.2, 0.25) is 0 Å². The molecule has 1 aromatic heterocycles. The third kappa shape index (κ3) is 5.69. The number of nitrogens with zero attached hydrogens (tertiary/aromatic N) is 2. The number of hydrogen-bond acceptors (Lipinski definition) is 6. The van der Waals surface area contributed by atoms with Crippen LogP contribution in [0, 0.1) is 11.3 Å². The van der Waals surface area contributed by atoms with Gasteiger partial charge < -0.3 is 14.8 Å². The van der Waals surface area contributed by atoms with Crippen molar-refractivity contribution in [2.24, 2.45) is 0 Å². The summed E-state index contributed by atoms with van der Waals surface area (Å²) in [6, 6.07) is 9.51. The SMILES string of the molecule is CCOCCCNC(=O)/C(C#N)=C\c1csc(-c2cccc(OC)c2)n1. The smallest absolute Gasteiger partial charge is 0.262 e. The lowest BCUT2D eigenvalue weighted by Gasteiger charge is -2.04. The largest absolute Gasteiger partial charge is 0.497 e. The van der Waals surface area contributed by atoms with Crippen LogP contribution in [0.5, 0.6) is 5.75 Å². The molecule has 1 heterocycles. The molecule has 7 heteroatoms. The van der Waals surface area contributed by atoms with Crippen LogP contribution in [0.3, 0.4) is 0 Å². The highest BCUT2D eigenvalue weighted by Gasteiger charge is 2.10. The Kier molecular flexibility index (Phi) is 7.80. The Morgan fingerprint density at radius 1 is 1.46 bits per heavy atom. The summed E-state index contributed by atoms with van der Waals surface area (Å²) < 4.78 is 10.4. The lowest BCUT2D eigenvalue weighted by atomic mass is 10.2. The molecule has 0 aliphatic carbocycles. The lowest BCUT2D eigenvalue weighted by molar-refractivity contribution is -0.117. The molecular weight excluding hydrogens is 350 g/mol. The standard InChI is InChI=1S/C19H21N3O3S/c1-3-25-9-5-8-21-18(23)15(12-20)10-16-13-26-19(22-16)14-6-4-7-17(11-14)24-2/h4,6-7,10-11,13H,3,5,8-9H2,1-2H3,(H,21,23)/b15-10-. The Morgan fingerprint density at radius 2 is 2.31 bits per heavy atom. The normalized spacial score (nSPS) is 11.0. The molecule has 26 heavy (non-hydrogen) atoms. The zero-order valence-electron chi connectivity index (χ0n) is 14.8. The Hall–Kier alpha value is -2.69. The molecule has 0 saturated carbocycles. The van der Waals surface area contributed by atoms with Crippen LogP contribution in [-0.2, 0) is 9.53 Å². The van der Waals surface area contributed by atoms with Crippen molar-refractivity contribution in [3.8, 4) is 22.4 Å². The molecule has 0 aliphatic heterocycles. The van der Waals surface area contributed by atoms with Gasteiger partial charge in [0.1, 0.15) is 22.4 Å². The van der Waals surface area contributed by atoms with E-state index in [1.807, 2.05) is 42.6 Å². The summed E-state index contributed by atoms with van der Waals surface area (Å²) in [5.74, 6) is 0.346. The Bertz CT molecular complexity index is 808. The van der Waals surface area contributed by atoms with Gasteiger partial charge in [-0.25, -0.2) is 4.98 Å². The second-order valence-electron chi connectivity index (χ2n) is 5.29. The number of aromatic nitrogens is 1. The number of methoxy groups -OCH3 is 1. The molecule has 1 N–H and O–H groups in total. The third-order valence-electron chi connectivity index (χ3n) is 3.45. The highest BCUT2D eigenvalue weighted by molar-refractivity contribution is 7.13. The van der Waals surface area contributed by atoms with Crippen molar-refractivity contribution in [3.05, 3.63) is 40.9 Å². The topological polar surface area (TPSA) is 84.2 Å². The van der Waals surface area contributed by atoms with E-state index < -0.39 is 5.91 Å². The van der Waals surface area contributed by atoms with Crippen LogP contribution in [0.4, 0.5) is 0 Å². The maximum atomic E-state index is 12.1. The summed E-state index contributed by atoms with van der Waals surface area (Å²) in [6.45, 7) is 3.61. The van der Waals surface area contributed by atoms with Gasteiger partial charge in [-0.05, 0) is 31.6 Å². The number of nitriles is 1. The zero-order valence-corrected chi connectivity index (χ0v) is 15.6. The Morgan fingerprint density at radius 3 is 3.04 bits per heavy atom. The van der Waals surface area contributed by atoms with E-state index in [0.717, 1.165) is 16.3 Å². The van der Waals surface area contributed by atoms with E-state index in [2.05, 4.69) is 10.3 Å². The molecule has 0 unspecified atom stereocenters. The summed E-state index contributed by atoms with van der Waals surface area (Å²) >= 11 is 1.44. The van der Waals surface area contributed by atoms with Gasteiger partial charge in [-0.1, -0.05) is 12.1 Å². The number of amides is 1. The van der Waals surface area contributed by atoms with Crippen molar-refractivity contribution in [2.45, 2.75) is 13.3 Å². The van der Waals surface area contributed by atoms with Crippen molar-refractivity contribution in [1.29, 1.82) is 5.26 Å². The number of thiazole rings is 1. The number of rotatable bonds is 9. The van der Waals surface area contributed by atoms with E-state index in [9.17, 15) is 10.1 Å². The molecule has 0 saturated heterocycles. The van der Waals surface area contributed by atoms with Crippen molar-refractivity contribution < 1.29 is 14.3 Å². The van der Waals surface area contributed by atoms with Gasteiger partial charge in [0.2, 0.25) is 0 Å². The first kappa shape index (κ1) is 19.6. The number of ether oxygens (including phenoxy) is 2. The van der Waals surface area contributed by atoms with E-state index in [-0.39, 0.29) is 5.57 Å². The van der Waals surface area contributed by atoms with E-state index >= 15 is 0 Å². The van der Waals surface area contributed by atoms with Gasteiger partial charge in [0.15, 0.2) is 0 Å². The molecule has 2 rings (SSSR count). The van der Waals surface area contributed by atoms with Gasteiger partial charge in [-0.3, -0.25) is 4.79 Å². The van der Waals surface area contributed by atoms with Gasteiger partial charge in [0, 0.05) is 30.7 Å². The van der Waals surface area contributed by atoms with Gasteiger partial charge in [-0.15, -0.1) is 11.3 Å². The summed E-state index contributed by atoms with van der Waals surface area (Å²) in [7, 11) is 1.61. The van der Waals surface area contributed by atoms with Gasteiger partial charge >= 0.3 is 0 Å². The van der Waals surface area contributed by atoms with Crippen LogP contribution >= 0.6 is 11.3 Å². The molecule has 0 spiro atoms. The second-order valence-corrected chi connectivity index (χ2v) is 6.14. The zero-order chi connectivity index (χ0) is 18.8. The van der Waals surface area contributed by atoms with Crippen molar-refractivity contribution >= 4 is 23.3 Å². The lowest BCUT2D eigenvalue weighted by Crippen LogP contribution is -2.26. The maximum absolute atomic E-state index is 12.1. The molecule has 1 amide bonds. The van der Waals surface area contributed by atoms with Crippen LogP contribution in [-0.4, -0.2) is 37.8 Å². The molecule has 0 fully saturated rings. The molecule has 0 aliphatic rings. The molecule has 6 nitrogen and oxygen atoms in total. The van der Waals surface area contributed by atoms with Gasteiger partial charge in [0.05, 0.1) is 12.8 Å². The van der Waals surface area contributed by atoms with Crippen molar-refractivity contribution in [3.63, 3.8) is 0 Å². The highest BCUT2D eigenvalue weighted by atomic mass is 32.1.